The van der Waals surface area contributed by atoms with Gasteiger partial charge in [-0.15, -0.1) is 0 Å². The highest BCUT2D eigenvalue weighted by molar-refractivity contribution is 5.89. The van der Waals surface area contributed by atoms with E-state index >= 15 is 0 Å². The lowest BCUT2D eigenvalue weighted by molar-refractivity contribution is -0.138. The van der Waals surface area contributed by atoms with E-state index in [0.29, 0.717) is 61.5 Å². The molecule has 10 nitrogen and oxygen atoms in total. The Hall–Kier alpha value is -6.04. The maximum absolute atomic E-state index is 14.6. The SMILES string of the molecule is C=CC(=O)OCCCCOc1ccc(C=CC(=O)Oc2cc(F)c(OC(=O)C=Cc3ccc(OCCCCOC(=O)C=C)cc3)c(F)c2)cc1. The summed E-state index contributed by atoms with van der Waals surface area (Å²) in [5.41, 5.74) is 1.24. The molecule has 50 heavy (non-hydrogen) atoms. The van der Waals surface area contributed by atoms with E-state index in [9.17, 15) is 28.0 Å². The second-order valence-corrected chi connectivity index (χ2v) is 10.2. The van der Waals surface area contributed by atoms with E-state index in [1.807, 2.05) is 0 Å². The number of unbranched alkanes of at least 4 members (excludes halogenated alkanes) is 2. The highest BCUT2D eigenvalue weighted by Crippen LogP contribution is 2.28. The Balaban J connectivity index is 1.41. The lowest BCUT2D eigenvalue weighted by Gasteiger charge is -2.08. The summed E-state index contributed by atoms with van der Waals surface area (Å²) in [5.74, 6) is -5.54. The average Bonchev–Trinajstić information content (AvgIpc) is 3.11. The smallest absolute Gasteiger partial charge is 0.336 e. The van der Waals surface area contributed by atoms with Crippen molar-refractivity contribution >= 4 is 36.0 Å². The lowest BCUT2D eigenvalue weighted by Crippen LogP contribution is -2.09. The van der Waals surface area contributed by atoms with Crippen LogP contribution in [0.3, 0.4) is 0 Å². The van der Waals surface area contributed by atoms with Crippen molar-refractivity contribution in [1.29, 1.82) is 0 Å². The summed E-state index contributed by atoms with van der Waals surface area (Å²) in [6.07, 6.45) is 9.74. The van der Waals surface area contributed by atoms with Crippen LogP contribution in [-0.2, 0) is 28.7 Å². The fraction of sp³-hybridized carbons (Fsp3) is 0.211. The Labute approximate surface area is 288 Å². The summed E-state index contributed by atoms with van der Waals surface area (Å²) in [5, 5.41) is 0. The molecule has 0 N–H and O–H groups in total. The first kappa shape index (κ1) is 38.4. The van der Waals surface area contributed by atoms with Gasteiger partial charge in [-0.1, -0.05) is 37.4 Å². The Kier molecular flexibility index (Phi) is 16.2. The van der Waals surface area contributed by atoms with Gasteiger partial charge in [0.15, 0.2) is 11.6 Å². The molecule has 0 aliphatic rings. The largest absolute Gasteiger partial charge is 0.494 e. The normalized spacial score (nSPS) is 10.8. The van der Waals surface area contributed by atoms with E-state index < -0.39 is 47.0 Å². The monoisotopic (exact) mass is 690 g/mol. The molecule has 3 aromatic rings. The topological polar surface area (TPSA) is 124 Å². The van der Waals surface area contributed by atoms with Crippen molar-refractivity contribution in [3.05, 3.63) is 121 Å². The van der Waals surface area contributed by atoms with Crippen LogP contribution in [0.1, 0.15) is 36.8 Å². The van der Waals surface area contributed by atoms with Gasteiger partial charge in [-0.2, -0.15) is 0 Å². The van der Waals surface area contributed by atoms with E-state index in [-0.39, 0.29) is 13.2 Å². The van der Waals surface area contributed by atoms with Gasteiger partial charge < -0.3 is 28.4 Å². The third-order valence-corrected chi connectivity index (χ3v) is 6.41. The predicted molar refractivity (Wildman–Crippen MR) is 180 cm³/mol. The van der Waals surface area contributed by atoms with Crippen molar-refractivity contribution in [3.8, 4) is 23.0 Å². The Morgan fingerprint density at radius 3 is 1.36 bits per heavy atom. The fourth-order valence-electron chi connectivity index (χ4n) is 3.91. The molecule has 12 heteroatoms. The number of esters is 4. The maximum Gasteiger partial charge on any atom is 0.336 e. The second kappa shape index (κ2) is 21.0. The summed E-state index contributed by atoms with van der Waals surface area (Å²) >= 11 is 0. The quantitative estimate of drug-likeness (QED) is 0.0531. The Morgan fingerprint density at radius 1 is 0.540 bits per heavy atom. The molecule has 262 valence electrons. The van der Waals surface area contributed by atoms with Crippen molar-refractivity contribution in [2.24, 2.45) is 0 Å². The molecule has 0 atom stereocenters. The number of halogens is 2. The minimum atomic E-state index is -1.24. The molecular weight excluding hydrogens is 654 g/mol. The first-order chi connectivity index (χ1) is 24.2. The highest BCUT2D eigenvalue weighted by atomic mass is 19.1. The van der Waals surface area contributed by atoms with Crippen LogP contribution in [0.5, 0.6) is 23.0 Å². The number of carbonyl (C=O) groups is 4. The van der Waals surface area contributed by atoms with E-state index in [0.717, 1.165) is 36.4 Å². The molecule has 0 saturated carbocycles. The van der Waals surface area contributed by atoms with Crippen molar-refractivity contribution in [1.82, 2.24) is 0 Å². The number of benzene rings is 3. The zero-order valence-electron chi connectivity index (χ0n) is 27.1. The Bertz CT molecular complexity index is 1660. The van der Waals surface area contributed by atoms with Crippen LogP contribution in [0, 0.1) is 11.6 Å². The van der Waals surface area contributed by atoms with Crippen LogP contribution >= 0.6 is 0 Å². The number of ether oxygens (including phenoxy) is 6. The predicted octanol–water partition coefficient (Wildman–Crippen LogP) is 6.98. The van der Waals surface area contributed by atoms with Gasteiger partial charge in [-0.3, -0.25) is 0 Å². The summed E-state index contributed by atoms with van der Waals surface area (Å²) in [7, 11) is 0. The first-order valence-corrected chi connectivity index (χ1v) is 15.5. The van der Waals surface area contributed by atoms with Crippen LogP contribution in [0.4, 0.5) is 8.78 Å². The number of hydrogen-bond donors (Lipinski definition) is 0. The van der Waals surface area contributed by atoms with E-state index in [1.54, 1.807) is 48.5 Å². The molecule has 0 radical (unpaired) electrons. The Morgan fingerprint density at radius 2 is 0.940 bits per heavy atom. The van der Waals surface area contributed by atoms with E-state index in [1.165, 1.54) is 12.2 Å². The van der Waals surface area contributed by atoms with Gasteiger partial charge in [0.2, 0.25) is 5.75 Å². The molecule has 0 unspecified atom stereocenters. The standard InChI is InChI=1S/C38H36F2O10/c1-3-34(41)47-23-7-5-21-45-29-15-9-27(10-16-29)13-19-36(43)49-31-25-32(39)38(33(40)26-31)50-37(44)20-14-28-11-17-30(18-12-28)46-22-6-8-24-48-35(42)4-2/h3-4,9-20,25-26H,1-2,5-8,21-24H2. The zero-order chi connectivity index (χ0) is 36.1. The lowest BCUT2D eigenvalue weighted by atomic mass is 10.2. The molecule has 0 spiro atoms. The third kappa shape index (κ3) is 14.4. The zero-order valence-corrected chi connectivity index (χ0v) is 27.1. The molecule has 3 aromatic carbocycles. The van der Waals surface area contributed by atoms with Gasteiger partial charge in [-0.25, -0.2) is 28.0 Å². The average molecular weight is 691 g/mol. The summed E-state index contributed by atoms with van der Waals surface area (Å²) < 4.78 is 60.1. The summed E-state index contributed by atoms with van der Waals surface area (Å²) in [4.78, 5) is 46.5. The highest BCUT2D eigenvalue weighted by Gasteiger charge is 2.17. The molecule has 0 fully saturated rings. The maximum atomic E-state index is 14.6. The molecule has 3 rings (SSSR count). The van der Waals surface area contributed by atoms with Crippen LogP contribution in [-0.4, -0.2) is 50.3 Å². The van der Waals surface area contributed by atoms with Crippen molar-refractivity contribution in [2.75, 3.05) is 26.4 Å². The molecule has 0 aliphatic heterocycles. The van der Waals surface area contributed by atoms with Crippen LogP contribution in [0.15, 0.2) is 98.1 Å². The molecular formula is C38H36F2O10. The van der Waals surface area contributed by atoms with Crippen molar-refractivity contribution < 1.29 is 56.4 Å². The van der Waals surface area contributed by atoms with Crippen LogP contribution in [0.25, 0.3) is 12.2 Å². The van der Waals surface area contributed by atoms with E-state index in [4.69, 9.17) is 28.4 Å². The molecule has 0 heterocycles. The molecule has 0 saturated heterocycles. The number of hydrogen-bond acceptors (Lipinski definition) is 10. The molecule has 0 bridgehead atoms. The summed E-state index contributed by atoms with van der Waals surface area (Å²) in [6, 6.07) is 15.0. The van der Waals surface area contributed by atoms with Gasteiger partial charge in [0, 0.05) is 36.4 Å². The van der Waals surface area contributed by atoms with Crippen LogP contribution in [0.2, 0.25) is 0 Å². The fourth-order valence-corrected chi connectivity index (χ4v) is 3.91. The minimum absolute atomic E-state index is 0.272. The number of carbonyl (C=O) groups excluding carboxylic acids is 4. The van der Waals surface area contributed by atoms with Gasteiger partial charge in [0.1, 0.15) is 17.2 Å². The van der Waals surface area contributed by atoms with E-state index in [2.05, 4.69) is 13.2 Å². The summed E-state index contributed by atoms with van der Waals surface area (Å²) in [6.45, 7) is 8.03. The number of rotatable bonds is 20. The minimum Gasteiger partial charge on any atom is -0.494 e. The van der Waals surface area contributed by atoms with Gasteiger partial charge >= 0.3 is 23.9 Å². The van der Waals surface area contributed by atoms with Crippen molar-refractivity contribution in [3.63, 3.8) is 0 Å². The molecule has 0 aromatic heterocycles. The van der Waals surface area contributed by atoms with Gasteiger partial charge in [0.05, 0.1) is 26.4 Å². The first-order valence-electron chi connectivity index (χ1n) is 15.5. The second-order valence-electron chi connectivity index (χ2n) is 10.2. The van der Waals surface area contributed by atoms with Crippen molar-refractivity contribution in [2.45, 2.75) is 25.7 Å². The molecule has 0 amide bonds. The molecule has 0 aliphatic carbocycles. The van der Waals surface area contributed by atoms with Gasteiger partial charge in [-0.05, 0) is 73.2 Å². The third-order valence-electron chi connectivity index (χ3n) is 6.41. The van der Waals surface area contributed by atoms with Gasteiger partial charge in [0.25, 0.3) is 0 Å². The van der Waals surface area contributed by atoms with Crippen LogP contribution < -0.4 is 18.9 Å².